The summed E-state index contributed by atoms with van der Waals surface area (Å²) in [6.07, 6.45) is 1.12. The Kier molecular flexibility index (Phi) is 5.87. The highest BCUT2D eigenvalue weighted by Crippen LogP contribution is 2.08. The molecule has 0 unspecified atom stereocenters. The lowest BCUT2D eigenvalue weighted by atomic mass is 10.1. The fourth-order valence-corrected chi connectivity index (χ4v) is 2.88. The number of hydrazine groups is 1. The zero-order valence-electron chi connectivity index (χ0n) is 13.5. The Labute approximate surface area is 144 Å². The van der Waals surface area contributed by atoms with Crippen LogP contribution in [-0.4, -0.2) is 26.5 Å². The number of rotatable bonds is 5. The number of hydrogen-bond donors (Lipinski definition) is 2. The second-order valence-electron chi connectivity index (χ2n) is 5.57. The zero-order chi connectivity index (χ0) is 18.4. The molecule has 6 nitrogen and oxygen atoms in total. The standard InChI is InChI=1S/C17H17FN2O4S/c1-25(23,24)11-13-2-6-14(7-3-13)17(22)20-19-16(21)10-12-4-8-15(18)9-5-12/h2-9H,10-11H2,1H3,(H,19,21)(H,20,22). The highest BCUT2D eigenvalue weighted by Gasteiger charge is 2.09. The smallest absolute Gasteiger partial charge is 0.269 e. The van der Waals surface area contributed by atoms with E-state index in [1.165, 1.54) is 48.5 Å². The molecule has 0 radical (unpaired) electrons. The Hall–Kier alpha value is -2.74. The van der Waals surface area contributed by atoms with Crippen LogP contribution in [0.3, 0.4) is 0 Å². The van der Waals surface area contributed by atoms with Gasteiger partial charge in [0.15, 0.2) is 9.84 Å². The van der Waals surface area contributed by atoms with Gasteiger partial charge in [0.1, 0.15) is 5.82 Å². The minimum absolute atomic E-state index is 0.00609. The van der Waals surface area contributed by atoms with E-state index >= 15 is 0 Å². The molecule has 0 saturated heterocycles. The molecule has 0 atom stereocenters. The van der Waals surface area contributed by atoms with Crippen molar-refractivity contribution in [2.24, 2.45) is 0 Å². The van der Waals surface area contributed by atoms with Gasteiger partial charge in [0.25, 0.3) is 5.91 Å². The lowest BCUT2D eigenvalue weighted by Gasteiger charge is -2.08. The third-order valence-electron chi connectivity index (χ3n) is 3.24. The highest BCUT2D eigenvalue weighted by atomic mass is 32.2. The maximum absolute atomic E-state index is 12.8. The van der Waals surface area contributed by atoms with Crippen LogP contribution in [0.1, 0.15) is 21.5 Å². The second-order valence-corrected chi connectivity index (χ2v) is 7.71. The van der Waals surface area contributed by atoms with Crippen LogP contribution in [0.5, 0.6) is 0 Å². The summed E-state index contributed by atoms with van der Waals surface area (Å²) in [5, 5.41) is 0. The van der Waals surface area contributed by atoms with Gasteiger partial charge in [-0.05, 0) is 35.4 Å². The average molecular weight is 364 g/mol. The number of carbonyl (C=O) groups is 2. The second kappa shape index (κ2) is 7.89. The summed E-state index contributed by atoms with van der Waals surface area (Å²) in [6.45, 7) is 0. The van der Waals surface area contributed by atoms with Crippen molar-refractivity contribution in [3.63, 3.8) is 0 Å². The van der Waals surface area contributed by atoms with E-state index in [-0.39, 0.29) is 17.7 Å². The first-order valence-electron chi connectivity index (χ1n) is 7.33. The summed E-state index contributed by atoms with van der Waals surface area (Å²) in [5.74, 6) is -1.48. The van der Waals surface area contributed by atoms with Crippen LogP contribution < -0.4 is 10.9 Å². The van der Waals surface area contributed by atoms with Crippen LogP contribution in [0.25, 0.3) is 0 Å². The topological polar surface area (TPSA) is 92.3 Å². The van der Waals surface area contributed by atoms with Crippen LogP contribution in [0.2, 0.25) is 0 Å². The first kappa shape index (κ1) is 18.6. The van der Waals surface area contributed by atoms with Crippen LogP contribution in [0, 0.1) is 5.82 Å². The molecule has 0 spiro atoms. The predicted octanol–water partition coefficient (Wildman–Crippen LogP) is 1.37. The highest BCUT2D eigenvalue weighted by molar-refractivity contribution is 7.89. The molecule has 2 aromatic carbocycles. The van der Waals surface area contributed by atoms with Crippen molar-refractivity contribution < 1.29 is 22.4 Å². The van der Waals surface area contributed by atoms with Gasteiger partial charge in [0.2, 0.25) is 5.91 Å². The van der Waals surface area contributed by atoms with Crippen LogP contribution in [-0.2, 0) is 26.8 Å². The van der Waals surface area contributed by atoms with Crippen LogP contribution >= 0.6 is 0 Å². The number of halogens is 1. The van der Waals surface area contributed by atoms with Gasteiger partial charge in [-0.2, -0.15) is 0 Å². The van der Waals surface area contributed by atoms with Crippen molar-refractivity contribution in [3.05, 3.63) is 71.0 Å². The van der Waals surface area contributed by atoms with Gasteiger partial charge in [-0.25, -0.2) is 12.8 Å². The fourth-order valence-electron chi connectivity index (χ4n) is 2.09. The summed E-state index contributed by atoms with van der Waals surface area (Å²) in [4.78, 5) is 23.7. The molecule has 132 valence electrons. The molecule has 0 saturated carbocycles. The molecule has 8 heteroatoms. The minimum Gasteiger partial charge on any atom is -0.273 e. The molecule has 2 rings (SSSR count). The molecule has 0 heterocycles. The monoisotopic (exact) mass is 364 g/mol. The molecule has 0 aliphatic rings. The maximum atomic E-state index is 12.8. The van der Waals surface area contributed by atoms with Gasteiger partial charge in [0, 0.05) is 11.8 Å². The number of nitrogens with one attached hydrogen (secondary N) is 2. The van der Waals surface area contributed by atoms with Gasteiger partial charge in [-0.15, -0.1) is 0 Å². The predicted molar refractivity (Wildman–Crippen MR) is 90.7 cm³/mol. The quantitative estimate of drug-likeness (QED) is 0.784. The fraction of sp³-hybridized carbons (Fsp3) is 0.176. The van der Waals surface area contributed by atoms with E-state index in [2.05, 4.69) is 10.9 Å². The number of amides is 2. The van der Waals surface area contributed by atoms with E-state index in [0.29, 0.717) is 11.1 Å². The summed E-state index contributed by atoms with van der Waals surface area (Å²) < 4.78 is 35.2. The Morgan fingerprint density at radius 3 is 2.04 bits per heavy atom. The molecule has 2 aromatic rings. The number of carbonyl (C=O) groups excluding carboxylic acids is 2. The normalized spacial score (nSPS) is 11.0. The minimum atomic E-state index is -3.15. The van der Waals surface area contributed by atoms with Crippen molar-refractivity contribution in [1.82, 2.24) is 10.9 Å². The van der Waals surface area contributed by atoms with Gasteiger partial charge in [-0.1, -0.05) is 24.3 Å². The average Bonchev–Trinajstić information content (AvgIpc) is 2.54. The van der Waals surface area contributed by atoms with E-state index in [1.54, 1.807) is 0 Å². The molecular weight excluding hydrogens is 347 g/mol. The third-order valence-corrected chi connectivity index (χ3v) is 4.10. The zero-order valence-corrected chi connectivity index (χ0v) is 14.3. The molecule has 2 N–H and O–H groups in total. The van der Waals surface area contributed by atoms with Crippen LogP contribution in [0.4, 0.5) is 4.39 Å². The van der Waals surface area contributed by atoms with E-state index in [0.717, 1.165) is 6.26 Å². The first-order chi connectivity index (χ1) is 11.7. The largest absolute Gasteiger partial charge is 0.273 e. The van der Waals surface area contributed by atoms with E-state index < -0.39 is 27.5 Å². The molecule has 0 bridgehead atoms. The molecular formula is C17H17FN2O4S. The summed E-state index contributed by atoms with van der Waals surface area (Å²) in [5.41, 5.74) is 5.99. The van der Waals surface area contributed by atoms with Gasteiger partial charge < -0.3 is 0 Å². The first-order valence-corrected chi connectivity index (χ1v) is 9.39. The Bertz CT molecular complexity index is 863. The van der Waals surface area contributed by atoms with Crippen molar-refractivity contribution >= 4 is 21.7 Å². The molecule has 0 fully saturated rings. The molecule has 0 aromatic heterocycles. The van der Waals surface area contributed by atoms with Crippen molar-refractivity contribution in [3.8, 4) is 0 Å². The number of hydrogen-bond acceptors (Lipinski definition) is 4. The van der Waals surface area contributed by atoms with Crippen molar-refractivity contribution in [2.75, 3.05) is 6.26 Å². The molecule has 0 aliphatic heterocycles. The summed E-state index contributed by atoms with van der Waals surface area (Å²) >= 11 is 0. The lowest BCUT2D eigenvalue weighted by Crippen LogP contribution is -2.42. The number of sulfone groups is 1. The van der Waals surface area contributed by atoms with Crippen molar-refractivity contribution in [2.45, 2.75) is 12.2 Å². The summed E-state index contributed by atoms with van der Waals surface area (Å²) in [7, 11) is -3.15. The van der Waals surface area contributed by atoms with Gasteiger partial charge in [-0.3, -0.25) is 20.4 Å². The number of benzene rings is 2. The Balaban J connectivity index is 1.87. The van der Waals surface area contributed by atoms with E-state index in [1.807, 2.05) is 0 Å². The van der Waals surface area contributed by atoms with E-state index in [4.69, 9.17) is 0 Å². The Morgan fingerprint density at radius 1 is 0.920 bits per heavy atom. The SMILES string of the molecule is CS(=O)(=O)Cc1ccc(C(=O)NNC(=O)Cc2ccc(F)cc2)cc1. The van der Waals surface area contributed by atoms with Crippen molar-refractivity contribution in [1.29, 1.82) is 0 Å². The third kappa shape index (κ3) is 6.34. The molecule has 25 heavy (non-hydrogen) atoms. The lowest BCUT2D eigenvalue weighted by molar-refractivity contribution is -0.121. The maximum Gasteiger partial charge on any atom is 0.269 e. The van der Waals surface area contributed by atoms with Gasteiger partial charge in [0.05, 0.1) is 12.2 Å². The summed E-state index contributed by atoms with van der Waals surface area (Å²) in [6, 6.07) is 11.5. The Morgan fingerprint density at radius 2 is 1.48 bits per heavy atom. The van der Waals surface area contributed by atoms with Gasteiger partial charge >= 0.3 is 0 Å². The molecule has 2 amide bonds. The van der Waals surface area contributed by atoms with E-state index in [9.17, 15) is 22.4 Å². The van der Waals surface area contributed by atoms with Crippen LogP contribution in [0.15, 0.2) is 48.5 Å². The molecule has 0 aliphatic carbocycles.